The van der Waals surface area contributed by atoms with Crippen molar-refractivity contribution in [3.05, 3.63) is 48.4 Å². The van der Waals surface area contributed by atoms with Crippen LogP contribution >= 0.6 is 0 Å². The Morgan fingerprint density at radius 3 is 2.44 bits per heavy atom. The predicted octanol–water partition coefficient (Wildman–Crippen LogP) is 0.529. The molecule has 11 nitrogen and oxygen atoms in total. The highest BCUT2D eigenvalue weighted by atomic mass is 16.2. The van der Waals surface area contributed by atoms with E-state index in [-0.39, 0.29) is 17.6 Å². The molecule has 3 aromatic rings. The van der Waals surface area contributed by atoms with E-state index in [0.717, 1.165) is 31.7 Å². The maximum absolute atomic E-state index is 12.3. The molecule has 34 heavy (non-hydrogen) atoms. The van der Waals surface area contributed by atoms with Gasteiger partial charge in [0.05, 0.1) is 23.7 Å². The molecule has 0 saturated carbocycles. The van der Waals surface area contributed by atoms with Gasteiger partial charge in [-0.1, -0.05) is 12.1 Å². The van der Waals surface area contributed by atoms with Gasteiger partial charge >= 0.3 is 0 Å². The number of aromatic nitrogens is 4. The van der Waals surface area contributed by atoms with Crippen molar-refractivity contribution in [2.75, 3.05) is 56.9 Å². The number of nitrogens with zero attached hydrogens (tertiary/aromatic N) is 6. The molecule has 2 amide bonds. The third-order valence-corrected chi connectivity index (χ3v) is 5.66. The minimum atomic E-state index is -0.307. The summed E-state index contributed by atoms with van der Waals surface area (Å²) >= 11 is 0. The summed E-state index contributed by atoms with van der Waals surface area (Å²) < 4.78 is 1.44. The summed E-state index contributed by atoms with van der Waals surface area (Å²) in [6.45, 7) is 6.19. The monoisotopic (exact) mass is 463 g/mol. The van der Waals surface area contributed by atoms with Crippen LogP contribution in [0.3, 0.4) is 0 Å². The van der Waals surface area contributed by atoms with Crippen LogP contribution in [0.5, 0.6) is 0 Å². The molecule has 4 N–H and O–H groups in total. The van der Waals surface area contributed by atoms with Crippen molar-refractivity contribution in [1.82, 2.24) is 35.3 Å². The minimum Gasteiger partial charge on any atom is -0.381 e. The van der Waals surface area contributed by atoms with Crippen LogP contribution in [0.2, 0.25) is 0 Å². The number of carbonyl (C=O) groups is 2. The van der Waals surface area contributed by atoms with Gasteiger partial charge in [-0.05, 0) is 19.2 Å². The fraction of sp³-hybridized carbons (Fsp3) is 0.348. The second kappa shape index (κ2) is 10.3. The van der Waals surface area contributed by atoms with E-state index in [1.165, 1.54) is 23.5 Å². The average Bonchev–Trinajstić information content (AvgIpc) is 3.33. The van der Waals surface area contributed by atoms with Crippen LogP contribution in [-0.2, 0) is 4.79 Å². The molecular formula is C23H29N9O2. The smallest absolute Gasteiger partial charge is 0.254 e. The van der Waals surface area contributed by atoms with Crippen LogP contribution in [0, 0.1) is 0 Å². The molecule has 0 spiro atoms. The van der Waals surface area contributed by atoms with Crippen molar-refractivity contribution < 1.29 is 9.59 Å². The lowest BCUT2D eigenvalue weighted by atomic mass is 10.1. The Balaban J connectivity index is 1.46. The average molecular weight is 464 g/mol. The summed E-state index contributed by atoms with van der Waals surface area (Å²) in [6.07, 6.45) is 4.61. The summed E-state index contributed by atoms with van der Waals surface area (Å²) in [5, 5.41) is 9.58. The SMILES string of the molecule is CC(=O)NCCNC(=O)c1cnn(-c2nc(-c3ccc(N4CCN(C)CC4)cc3)cnc2N)c1. The molecule has 0 aliphatic carbocycles. The topological polar surface area (TPSA) is 134 Å². The maximum atomic E-state index is 12.3. The number of nitrogen functional groups attached to an aromatic ring is 1. The number of anilines is 2. The van der Waals surface area contributed by atoms with Crippen LogP contribution in [0.15, 0.2) is 42.9 Å². The molecule has 2 aromatic heterocycles. The van der Waals surface area contributed by atoms with E-state index in [0.29, 0.717) is 30.2 Å². The maximum Gasteiger partial charge on any atom is 0.254 e. The van der Waals surface area contributed by atoms with Crippen LogP contribution in [-0.4, -0.2) is 82.8 Å². The van der Waals surface area contributed by atoms with Crippen LogP contribution in [0.4, 0.5) is 11.5 Å². The zero-order valence-corrected chi connectivity index (χ0v) is 19.4. The summed E-state index contributed by atoms with van der Waals surface area (Å²) in [6, 6.07) is 8.23. The van der Waals surface area contributed by atoms with Gasteiger partial charge in [0.2, 0.25) is 5.91 Å². The number of nitrogens with two attached hydrogens (primary N) is 1. The van der Waals surface area contributed by atoms with E-state index in [9.17, 15) is 9.59 Å². The number of piperazine rings is 1. The number of rotatable bonds is 7. The Labute approximate surface area is 198 Å². The number of hydrogen-bond acceptors (Lipinski definition) is 8. The van der Waals surface area contributed by atoms with Crippen molar-refractivity contribution >= 4 is 23.3 Å². The molecule has 1 fully saturated rings. The Hall–Kier alpha value is -3.99. The van der Waals surface area contributed by atoms with Crippen molar-refractivity contribution in [2.45, 2.75) is 6.92 Å². The van der Waals surface area contributed by atoms with Crippen molar-refractivity contribution in [1.29, 1.82) is 0 Å². The van der Waals surface area contributed by atoms with Gasteiger partial charge in [0.25, 0.3) is 5.91 Å². The van der Waals surface area contributed by atoms with Gasteiger partial charge in [-0.3, -0.25) is 9.59 Å². The fourth-order valence-corrected chi connectivity index (χ4v) is 3.68. The molecule has 1 aliphatic heterocycles. The van der Waals surface area contributed by atoms with E-state index in [2.05, 4.69) is 54.7 Å². The quantitative estimate of drug-likeness (QED) is 0.432. The molecule has 1 aliphatic rings. The van der Waals surface area contributed by atoms with E-state index in [1.54, 1.807) is 12.4 Å². The Kier molecular flexibility index (Phi) is 7.02. The summed E-state index contributed by atoms with van der Waals surface area (Å²) in [5.74, 6) is 0.0974. The molecule has 0 atom stereocenters. The summed E-state index contributed by atoms with van der Waals surface area (Å²) in [4.78, 5) is 36.9. The van der Waals surface area contributed by atoms with Gasteiger partial charge in [-0.2, -0.15) is 5.10 Å². The van der Waals surface area contributed by atoms with Crippen LogP contribution in [0.1, 0.15) is 17.3 Å². The molecule has 0 radical (unpaired) electrons. The number of hydrogen-bond donors (Lipinski definition) is 3. The van der Waals surface area contributed by atoms with Gasteiger partial charge in [0.15, 0.2) is 11.6 Å². The highest BCUT2D eigenvalue weighted by Gasteiger charge is 2.16. The second-order valence-corrected chi connectivity index (χ2v) is 8.21. The third-order valence-electron chi connectivity index (χ3n) is 5.66. The largest absolute Gasteiger partial charge is 0.381 e. The van der Waals surface area contributed by atoms with Crippen molar-refractivity contribution in [3.63, 3.8) is 0 Å². The summed E-state index contributed by atoms with van der Waals surface area (Å²) in [7, 11) is 2.14. The zero-order chi connectivity index (χ0) is 24.1. The fourth-order valence-electron chi connectivity index (χ4n) is 3.68. The van der Waals surface area contributed by atoms with Crippen LogP contribution < -0.4 is 21.3 Å². The molecule has 4 rings (SSSR count). The molecule has 178 valence electrons. The molecule has 0 bridgehead atoms. The molecular weight excluding hydrogens is 434 g/mol. The van der Waals surface area contributed by atoms with E-state index in [1.807, 2.05) is 12.1 Å². The predicted molar refractivity (Wildman–Crippen MR) is 130 cm³/mol. The first-order valence-electron chi connectivity index (χ1n) is 11.1. The molecule has 1 saturated heterocycles. The van der Waals surface area contributed by atoms with Crippen molar-refractivity contribution in [3.8, 4) is 17.1 Å². The second-order valence-electron chi connectivity index (χ2n) is 8.21. The minimum absolute atomic E-state index is 0.148. The number of benzene rings is 1. The number of amides is 2. The van der Waals surface area contributed by atoms with E-state index in [4.69, 9.17) is 5.73 Å². The zero-order valence-electron chi connectivity index (χ0n) is 19.4. The van der Waals surface area contributed by atoms with Crippen LogP contribution in [0.25, 0.3) is 17.1 Å². The first kappa shape index (κ1) is 23.2. The van der Waals surface area contributed by atoms with E-state index >= 15 is 0 Å². The first-order valence-corrected chi connectivity index (χ1v) is 11.1. The molecule has 3 heterocycles. The normalized spacial score (nSPS) is 14.1. The first-order chi connectivity index (χ1) is 16.4. The molecule has 1 aromatic carbocycles. The van der Waals surface area contributed by atoms with Crippen molar-refractivity contribution in [2.24, 2.45) is 0 Å². The lowest BCUT2D eigenvalue weighted by Gasteiger charge is -2.34. The van der Waals surface area contributed by atoms with Gasteiger partial charge in [-0.25, -0.2) is 14.6 Å². The van der Waals surface area contributed by atoms with Gasteiger partial charge in [-0.15, -0.1) is 0 Å². The van der Waals surface area contributed by atoms with E-state index < -0.39 is 0 Å². The third kappa shape index (κ3) is 5.49. The number of carbonyl (C=O) groups excluding carboxylic acids is 2. The summed E-state index contributed by atoms with van der Waals surface area (Å²) in [5.41, 5.74) is 9.16. The lowest BCUT2D eigenvalue weighted by molar-refractivity contribution is -0.118. The number of likely N-dealkylation sites (N-methyl/N-ethyl adjacent to an activating group) is 1. The standard InChI is InChI=1S/C23H29N9O2/c1-16(33)25-7-8-26-23(34)18-13-28-32(15-18)22-21(24)27-14-20(29-22)17-3-5-19(6-4-17)31-11-9-30(2)10-12-31/h3-6,13-15H,7-12H2,1-2H3,(H2,24,27)(H,25,33)(H,26,34). The van der Waals surface area contributed by atoms with Gasteiger partial charge < -0.3 is 26.2 Å². The highest BCUT2D eigenvalue weighted by Crippen LogP contribution is 2.24. The Bertz CT molecular complexity index is 1150. The highest BCUT2D eigenvalue weighted by molar-refractivity contribution is 5.93. The molecule has 11 heteroatoms. The molecule has 0 unspecified atom stereocenters. The lowest BCUT2D eigenvalue weighted by Crippen LogP contribution is -2.44. The van der Waals surface area contributed by atoms with Gasteiger partial charge in [0, 0.05) is 63.6 Å². The van der Waals surface area contributed by atoms with Gasteiger partial charge in [0.1, 0.15) is 0 Å². The number of nitrogens with one attached hydrogen (secondary N) is 2. The Morgan fingerprint density at radius 1 is 1.03 bits per heavy atom. The Morgan fingerprint density at radius 2 is 1.74 bits per heavy atom.